The smallest absolute Gasteiger partial charge is 0.236 e. The average molecular weight is 556 g/mol. The first-order chi connectivity index (χ1) is 18.9. The number of ether oxygens (including phenoxy) is 1. The van der Waals surface area contributed by atoms with Crippen LogP contribution in [0.3, 0.4) is 0 Å². The van der Waals surface area contributed by atoms with Gasteiger partial charge in [-0.15, -0.1) is 21.5 Å². The molecular weight excluding hydrogens is 526 g/mol. The van der Waals surface area contributed by atoms with Gasteiger partial charge in [0.25, 0.3) is 0 Å². The molecular formula is C30H29N5O2S2. The minimum Gasteiger partial charge on any atom is -0.497 e. The molecule has 3 aromatic carbocycles. The Hall–Kier alpha value is -3.95. The molecule has 0 spiro atoms. The van der Waals surface area contributed by atoms with Crippen LogP contribution in [-0.4, -0.2) is 38.5 Å². The fourth-order valence-electron chi connectivity index (χ4n) is 4.16. The number of nitrogens with one attached hydrogen (secondary N) is 1. The first-order valence-corrected chi connectivity index (χ1v) is 14.4. The summed E-state index contributed by atoms with van der Waals surface area (Å²) in [4.78, 5) is 17.5. The number of hydrogen-bond acceptors (Lipinski definition) is 7. The van der Waals surface area contributed by atoms with E-state index in [0.717, 1.165) is 28.3 Å². The number of nitrogens with zero attached hydrogens (tertiary/aromatic N) is 4. The van der Waals surface area contributed by atoms with Gasteiger partial charge in [0.1, 0.15) is 5.75 Å². The third kappa shape index (κ3) is 6.05. The van der Waals surface area contributed by atoms with Crippen LogP contribution >= 0.6 is 23.1 Å². The lowest BCUT2D eigenvalue weighted by Gasteiger charge is -2.17. The van der Waals surface area contributed by atoms with E-state index in [1.54, 1.807) is 7.11 Å². The fourth-order valence-corrected chi connectivity index (χ4v) is 5.64. The van der Waals surface area contributed by atoms with Crippen LogP contribution in [0, 0.1) is 6.92 Å². The van der Waals surface area contributed by atoms with Gasteiger partial charge >= 0.3 is 0 Å². The number of amides is 1. The number of aromatic nitrogens is 4. The largest absolute Gasteiger partial charge is 0.497 e. The second-order valence-electron chi connectivity index (χ2n) is 9.32. The lowest BCUT2D eigenvalue weighted by molar-refractivity contribution is -0.113. The lowest BCUT2D eigenvalue weighted by Crippen LogP contribution is -2.14. The predicted octanol–water partition coefficient (Wildman–Crippen LogP) is 7.23. The minimum absolute atomic E-state index is 0.150. The van der Waals surface area contributed by atoms with Crippen LogP contribution in [-0.2, 0) is 4.79 Å². The van der Waals surface area contributed by atoms with E-state index in [1.165, 1.54) is 34.2 Å². The maximum Gasteiger partial charge on any atom is 0.236 e. The summed E-state index contributed by atoms with van der Waals surface area (Å²) in [5, 5.41) is 15.1. The number of thiazole rings is 1. The number of benzene rings is 3. The first-order valence-electron chi connectivity index (χ1n) is 12.6. The van der Waals surface area contributed by atoms with E-state index in [9.17, 15) is 4.79 Å². The number of hydrogen-bond donors (Lipinski definition) is 1. The van der Waals surface area contributed by atoms with Crippen LogP contribution in [0.2, 0.25) is 0 Å². The summed E-state index contributed by atoms with van der Waals surface area (Å²) in [5.74, 6) is 1.79. The third-order valence-electron chi connectivity index (χ3n) is 6.21. The number of carbonyl (C=O) groups excluding carboxylic acids is 1. The van der Waals surface area contributed by atoms with Gasteiger partial charge in [0.05, 0.1) is 24.2 Å². The molecule has 9 heteroatoms. The van der Waals surface area contributed by atoms with Crippen LogP contribution in [0.15, 0.2) is 83.3 Å². The Labute approximate surface area is 236 Å². The number of para-hydroxylation sites is 1. The molecule has 1 N–H and O–H groups in total. The molecule has 1 amide bonds. The van der Waals surface area contributed by atoms with Crippen LogP contribution in [0.4, 0.5) is 5.13 Å². The molecule has 0 saturated carbocycles. The summed E-state index contributed by atoms with van der Waals surface area (Å²) < 4.78 is 7.36. The van der Waals surface area contributed by atoms with Gasteiger partial charge in [-0.3, -0.25) is 9.36 Å². The molecule has 2 aromatic heterocycles. The van der Waals surface area contributed by atoms with Gasteiger partial charge in [-0.2, -0.15) is 0 Å². The van der Waals surface area contributed by atoms with E-state index in [-0.39, 0.29) is 11.7 Å². The summed E-state index contributed by atoms with van der Waals surface area (Å²) in [5.41, 5.74) is 6.13. The highest BCUT2D eigenvalue weighted by Gasteiger charge is 2.20. The Morgan fingerprint density at radius 1 is 1.00 bits per heavy atom. The number of rotatable bonds is 9. The minimum atomic E-state index is -0.150. The van der Waals surface area contributed by atoms with Gasteiger partial charge in [0.2, 0.25) is 5.91 Å². The zero-order valence-corrected chi connectivity index (χ0v) is 23.8. The Morgan fingerprint density at radius 3 is 2.44 bits per heavy atom. The summed E-state index contributed by atoms with van der Waals surface area (Å²) in [7, 11) is 1.64. The van der Waals surface area contributed by atoms with Crippen molar-refractivity contribution in [3.05, 3.63) is 89.3 Å². The quantitative estimate of drug-likeness (QED) is 0.193. The molecule has 0 aliphatic carbocycles. The van der Waals surface area contributed by atoms with Crippen molar-refractivity contribution in [2.75, 3.05) is 18.2 Å². The molecule has 0 aliphatic rings. The van der Waals surface area contributed by atoms with Crippen LogP contribution in [0.5, 0.6) is 5.75 Å². The normalized spacial score (nSPS) is 11.1. The molecule has 0 radical (unpaired) electrons. The van der Waals surface area contributed by atoms with Crippen molar-refractivity contribution in [2.45, 2.75) is 31.8 Å². The van der Waals surface area contributed by atoms with E-state index >= 15 is 0 Å². The Morgan fingerprint density at radius 2 is 1.72 bits per heavy atom. The summed E-state index contributed by atoms with van der Waals surface area (Å²) in [6, 6.07) is 24.1. The van der Waals surface area contributed by atoms with Gasteiger partial charge in [0.15, 0.2) is 16.1 Å². The second kappa shape index (κ2) is 11.8. The molecule has 198 valence electrons. The highest BCUT2D eigenvalue weighted by atomic mass is 32.2. The van der Waals surface area contributed by atoms with E-state index in [4.69, 9.17) is 4.74 Å². The number of thioether (sulfide) groups is 1. The van der Waals surface area contributed by atoms with Crippen molar-refractivity contribution in [3.8, 4) is 34.1 Å². The Bertz CT molecular complexity index is 1570. The van der Waals surface area contributed by atoms with Crippen molar-refractivity contribution in [1.29, 1.82) is 0 Å². The summed E-state index contributed by atoms with van der Waals surface area (Å²) in [6.45, 7) is 6.38. The first kappa shape index (κ1) is 26.6. The van der Waals surface area contributed by atoms with Crippen molar-refractivity contribution in [3.63, 3.8) is 0 Å². The Kier molecular flexibility index (Phi) is 8.09. The van der Waals surface area contributed by atoms with Gasteiger partial charge < -0.3 is 10.1 Å². The maximum atomic E-state index is 12.9. The molecule has 0 saturated heterocycles. The monoisotopic (exact) mass is 555 g/mol. The molecule has 0 unspecified atom stereocenters. The zero-order chi connectivity index (χ0) is 27.4. The molecule has 0 bridgehead atoms. The maximum absolute atomic E-state index is 12.9. The van der Waals surface area contributed by atoms with Gasteiger partial charge in [-0.25, -0.2) is 4.98 Å². The van der Waals surface area contributed by atoms with E-state index in [1.807, 2.05) is 58.5 Å². The van der Waals surface area contributed by atoms with Gasteiger partial charge in [0, 0.05) is 16.5 Å². The van der Waals surface area contributed by atoms with Crippen molar-refractivity contribution >= 4 is 34.1 Å². The molecule has 5 rings (SSSR count). The van der Waals surface area contributed by atoms with Crippen LogP contribution in [0.1, 0.15) is 30.9 Å². The lowest BCUT2D eigenvalue weighted by atomic mass is 10.0. The number of anilines is 1. The molecule has 0 aliphatic heterocycles. The summed E-state index contributed by atoms with van der Waals surface area (Å²) >= 11 is 2.76. The number of carbonyl (C=O) groups is 1. The fraction of sp³-hybridized carbons (Fsp3) is 0.200. The zero-order valence-electron chi connectivity index (χ0n) is 22.2. The molecule has 0 fully saturated rings. The van der Waals surface area contributed by atoms with Crippen molar-refractivity contribution < 1.29 is 9.53 Å². The summed E-state index contributed by atoms with van der Waals surface area (Å²) in [6.07, 6.45) is 0. The topological polar surface area (TPSA) is 81.9 Å². The standard InChI is InChI=1S/C30H29N5O2S2/c1-19(2)24-7-5-6-8-26(24)35-28(22-13-15-23(37-4)16-14-22)33-34-30(35)39-18-27(36)32-29-31-25(17-38-29)21-11-9-20(3)10-12-21/h5-17,19H,18H2,1-4H3,(H,31,32,36). The van der Waals surface area contributed by atoms with Crippen LogP contribution < -0.4 is 10.1 Å². The number of methoxy groups -OCH3 is 1. The van der Waals surface area contributed by atoms with Crippen molar-refractivity contribution in [1.82, 2.24) is 19.7 Å². The van der Waals surface area contributed by atoms with Crippen LogP contribution in [0.25, 0.3) is 28.3 Å². The highest BCUT2D eigenvalue weighted by molar-refractivity contribution is 7.99. The molecule has 2 heterocycles. The molecule has 39 heavy (non-hydrogen) atoms. The molecule has 7 nitrogen and oxygen atoms in total. The van der Waals surface area contributed by atoms with Gasteiger partial charge in [-0.05, 0) is 48.7 Å². The van der Waals surface area contributed by atoms with E-state index < -0.39 is 0 Å². The van der Waals surface area contributed by atoms with E-state index in [0.29, 0.717) is 22.0 Å². The SMILES string of the molecule is COc1ccc(-c2nnc(SCC(=O)Nc3nc(-c4ccc(C)cc4)cs3)n2-c2ccccc2C(C)C)cc1. The number of aryl methyl sites for hydroxylation is 1. The van der Waals surface area contributed by atoms with Gasteiger partial charge in [-0.1, -0.05) is 73.6 Å². The molecule has 0 atom stereocenters. The highest BCUT2D eigenvalue weighted by Crippen LogP contribution is 2.33. The second-order valence-corrected chi connectivity index (χ2v) is 11.1. The third-order valence-corrected chi connectivity index (χ3v) is 7.90. The van der Waals surface area contributed by atoms with Crippen molar-refractivity contribution in [2.24, 2.45) is 0 Å². The predicted molar refractivity (Wildman–Crippen MR) is 159 cm³/mol. The Balaban J connectivity index is 1.38. The average Bonchev–Trinajstić information content (AvgIpc) is 3.59. The molecule has 5 aromatic rings. The van der Waals surface area contributed by atoms with E-state index in [2.05, 4.69) is 65.5 Å².